The maximum atomic E-state index is 5.72. The molecule has 2 aromatic heterocycles. The van der Waals surface area contributed by atoms with Crippen LogP contribution >= 0.6 is 0 Å². The van der Waals surface area contributed by atoms with E-state index in [0.29, 0.717) is 6.54 Å². The van der Waals surface area contributed by atoms with Crippen molar-refractivity contribution in [1.82, 2.24) is 25.2 Å². The van der Waals surface area contributed by atoms with Crippen LogP contribution in [-0.4, -0.2) is 78.2 Å². The number of aliphatic imine (C=N–C) groups is 1. The van der Waals surface area contributed by atoms with E-state index in [4.69, 9.17) is 13.9 Å². The Hall–Kier alpha value is -2.32. The molecule has 1 atom stereocenters. The minimum atomic E-state index is 0.155. The van der Waals surface area contributed by atoms with Gasteiger partial charge in [-0.3, -0.25) is 14.8 Å². The maximum absolute atomic E-state index is 5.72. The summed E-state index contributed by atoms with van der Waals surface area (Å²) in [5.41, 5.74) is 0.986. The van der Waals surface area contributed by atoms with Gasteiger partial charge in [0.25, 0.3) is 0 Å². The number of hydrogen-bond donors (Lipinski definition) is 1. The van der Waals surface area contributed by atoms with Crippen LogP contribution in [0.1, 0.15) is 38.3 Å². The summed E-state index contributed by atoms with van der Waals surface area (Å²) in [6, 6.07) is 6.09. The average Bonchev–Trinajstić information content (AvgIpc) is 3.45. The molecule has 0 radical (unpaired) electrons. The molecule has 0 saturated carbocycles. The molecule has 0 amide bonds. The summed E-state index contributed by atoms with van der Waals surface area (Å²) in [7, 11) is 0. The number of rotatable bonds is 9. The molecule has 1 aliphatic rings. The number of likely N-dealkylation sites (N-methyl/N-ethyl adjacent to an activating group) is 1. The van der Waals surface area contributed by atoms with E-state index >= 15 is 0 Å². The molecule has 1 N–H and O–H groups in total. The number of furan rings is 1. The molecule has 0 aliphatic carbocycles. The first-order chi connectivity index (χ1) is 14.2. The molecule has 8 heteroatoms. The van der Waals surface area contributed by atoms with Crippen molar-refractivity contribution >= 4 is 5.96 Å². The van der Waals surface area contributed by atoms with Crippen LogP contribution < -0.4 is 5.32 Å². The lowest BCUT2D eigenvalue weighted by atomic mass is 10.2. The van der Waals surface area contributed by atoms with Gasteiger partial charge in [0, 0.05) is 45.3 Å². The van der Waals surface area contributed by atoms with Crippen molar-refractivity contribution < 1.29 is 8.94 Å². The third-order valence-electron chi connectivity index (χ3n) is 5.42. The second-order valence-corrected chi connectivity index (χ2v) is 7.20. The van der Waals surface area contributed by atoms with Gasteiger partial charge in [-0.15, -0.1) is 0 Å². The zero-order valence-electron chi connectivity index (χ0n) is 17.9. The Balaban J connectivity index is 1.62. The van der Waals surface area contributed by atoms with Crippen LogP contribution in [-0.2, 0) is 6.54 Å². The summed E-state index contributed by atoms with van der Waals surface area (Å²) in [5, 5.41) is 7.49. The van der Waals surface area contributed by atoms with Gasteiger partial charge in [-0.05, 0) is 32.1 Å². The maximum Gasteiger partial charge on any atom is 0.194 e. The topological polar surface area (TPSA) is 73.3 Å². The van der Waals surface area contributed by atoms with Crippen molar-refractivity contribution in [3.63, 3.8) is 0 Å². The van der Waals surface area contributed by atoms with Crippen molar-refractivity contribution in [2.75, 3.05) is 52.4 Å². The molecule has 1 aliphatic heterocycles. The van der Waals surface area contributed by atoms with Crippen LogP contribution in [0.25, 0.3) is 0 Å². The largest absolute Gasteiger partial charge is 0.468 e. The third-order valence-corrected chi connectivity index (χ3v) is 5.42. The normalized spacial score (nSPS) is 17.1. The van der Waals surface area contributed by atoms with Crippen molar-refractivity contribution in [2.45, 2.75) is 33.4 Å². The average molecular weight is 403 g/mol. The summed E-state index contributed by atoms with van der Waals surface area (Å²) in [5.74, 6) is 1.96. The van der Waals surface area contributed by atoms with E-state index in [-0.39, 0.29) is 6.04 Å². The van der Waals surface area contributed by atoms with Crippen molar-refractivity contribution in [3.8, 4) is 0 Å². The van der Waals surface area contributed by atoms with E-state index in [2.05, 4.69) is 45.9 Å². The molecule has 160 valence electrons. The van der Waals surface area contributed by atoms with E-state index in [1.54, 1.807) is 12.5 Å². The van der Waals surface area contributed by atoms with Gasteiger partial charge in [-0.25, -0.2) is 0 Å². The van der Waals surface area contributed by atoms with Crippen molar-refractivity contribution in [1.29, 1.82) is 0 Å². The second-order valence-electron chi connectivity index (χ2n) is 7.20. The lowest BCUT2D eigenvalue weighted by Crippen LogP contribution is -2.52. The minimum Gasteiger partial charge on any atom is -0.468 e. The quantitative estimate of drug-likeness (QED) is 0.510. The fourth-order valence-corrected chi connectivity index (χ4v) is 3.80. The Morgan fingerprint density at radius 2 is 1.97 bits per heavy atom. The van der Waals surface area contributed by atoms with E-state index in [1.807, 2.05) is 18.2 Å². The highest BCUT2D eigenvalue weighted by Gasteiger charge is 2.23. The molecule has 3 heterocycles. The van der Waals surface area contributed by atoms with Crippen LogP contribution in [0.5, 0.6) is 0 Å². The zero-order valence-corrected chi connectivity index (χ0v) is 17.9. The Labute approximate surface area is 173 Å². The first kappa shape index (κ1) is 21.4. The molecule has 29 heavy (non-hydrogen) atoms. The van der Waals surface area contributed by atoms with Crippen LogP contribution in [0.3, 0.4) is 0 Å². The Morgan fingerprint density at radius 1 is 1.17 bits per heavy atom. The molecule has 0 spiro atoms. The summed E-state index contributed by atoms with van der Waals surface area (Å²) < 4.78 is 10.7. The Kier molecular flexibility index (Phi) is 8.13. The highest BCUT2D eigenvalue weighted by atomic mass is 16.5. The molecule has 1 unspecified atom stereocenters. The first-order valence-corrected chi connectivity index (χ1v) is 10.7. The smallest absolute Gasteiger partial charge is 0.194 e. The number of nitrogens with zero attached hydrogens (tertiary/aromatic N) is 5. The fourth-order valence-electron chi connectivity index (χ4n) is 3.80. The molecular formula is C21H34N6O2. The van der Waals surface area contributed by atoms with Crippen LogP contribution in [0, 0.1) is 0 Å². The lowest BCUT2D eigenvalue weighted by Gasteiger charge is -2.36. The van der Waals surface area contributed by atoms with Crippen LogP contribution in [0.2, 0.25) is 0 Å². The summed E-state index contributed by atoms with van der Waals surface area (Å²) in [6.45, 7) is 14.6. The Morgan fingerprint density at radius 3 is 2.55 bits per heavy atom. The molecule has 3 rings (SSSR count). The molecule has 2 aromatic rings. The number of guanidine groups is 1. The summed E-state index contributed by atoms with van der Waals surface area (Å²) in [6.07, 6.45) is 3.38. The SMILES string of the molecule is CCNC(=NCC(c1ccco1)N(CC)CC)N1CCN(Cc2ccon2)CC1. The van der Waals surface area contributed by atoms with E-state index in [0.717, 1.165) is 69.8 Å². The second kappa shape index (κ2) is 11.0. The highest BCUT2D eigenvalue weighted by Crippen LogP contribution is 2.21. The number of nitrogens with one attached hydrogen (secondary N) is 1. The number of hydrogen-bond acceptors (Lipinski definition) is 6. The standard InChI is InChI=1S/C21H34N6O2/c1-4-22-21(23-16-19(26(5-2)6-3)20-8-7-14-28-20)27-12-10-25(11-13-27)17-18-9-15-29-24-18/h7-9,14-15,19H,4-6,10-13,16-17H2,1-3H3,(H,22,23). The fraction of sp³-hybridized carbons (Fsp3) is 0.619. The molecule has 0 aromatic carbocycles. The molecule has 1 saturated heterocycles. The van der Waals surface area contributed by atoms with Gasteiger partial charge < -0.3 is 19.2 Å². The highest BCUT2D eigenvalue weighted by molar-refractivity contribution is 5.80. The Bertz CT molecular complexity index is 704. The zero-order chi connectivity index (χ0) is 20.5. The minimum absolute atomic E-state index is 0.155. The van der Waals surface area contributed by atoms with Gasteiger partial charge in [-0.2, -0.15) is 0 Å². The molecular weight excluding hydrogens is 368 g/mol. The van der Waals surface area contributed by atoms with E-state index in [9.17, 15) is 0 Å². The van der Waals surface area contributed by atoms with Crippen LogP contribution in [0.15, 0.2) is 44.7 Å². The van der Waals surface area contributed by atoms with Gasteiger partial charge in [0.15, 0.2) is 5.96 Å². The van der Waals surface area contributed by atoms with E-state index < -0.39 is 0 Å². The number of piperazine rings is 1. The molecule has 1 fully saturated rings. The van der Waals surface area contributed by atoms with Crippen molar-refractivity contribution in [3.05, 3.63) is 42.2 Å². The van der Waals surface area contributed by atoms with Gasteiger partial charge >= 0.3 is 0 Å². The lowest BCUT2D eigenvalue weighted by molar-refractivity contribution is 0.167. The van der Waals surface area contributed by atoms with Crippen LogP contribution in [0.4, 0.5) is 0 Å². The van der Waals surface area contributed by atoms with E-state index in [1.165, 1.54) is 0 Å². The molecule has 0 bridgehead atoms. The first-order valence-electron chi connectivity index (χ1n) is 10.7. The molecule has 8 nitrogen and oxygen atoms in total. The monoisotopic (exact) mass is 402 g/mol. The van der Waals surface area contributed by atoms with Gasteiger partial charge in [0.1, 0.15) is 12.0 Å². The third kappa shape index (κ3) is 5.83. The predicted molar refractivity (Wildman–Crippen MR) is 114 cm³/mol. The summed E-state index contributed by atoms with van der Waals surface area (Å²) in [4.78, 5) is 12.1. The summed E-state index contributed by atoms with van der Waals surface area (Å²) >= 11 is 0. The van der Waals surface area contributed by atoms with Gasteiger partial charge in [-0.1, -0.05) is 19.0 Å². The van der Waals surface area contributed by atoms with Gasteiger partial charge in [0.05, 0.1) is 24.5 Å². The predicted octanol–water partition coefficient (Wildman–Crippen LogP) is 2.43. The van der Waals surface area contributed by atoms with Gasteiger partial charge in [0.2, 0.25) is 0 Å². The van der Waals surface area contributed by atoms with Crippen molar-refractivity contribution in [2.24, 2.45) is 4.99 Å². The number of aromatic nitrogens is 1.